The van der Waals surface area contributed by atoms with Crippen molar-refractivity contribution in [3.63, 3.8) is 0 Å². The van der Waals surface area contributed by atoms with E-state index in [1.807, 2.05) is 72.8 Å². The quantitative estimate of drug-likeness (QED) is 0.0937. The summed E-state index contributed by atoms with van der Waals surface area (Å²) in [6, 6.07) is 65.4. The third-order valence-electron chi connectivity index (χ3n) is 15.5. The van der Waals surface area contributed by atoms with Crippen LogP contribution in [-0.4, -0.2) is 0 Å². The maximum atomic E-state index is 15.2. The van der Waals surface area contributed by atoms with Gasteiger partial charge < -0.3 is 0 Å². The van der Waals surface area contributed by atoms with Gasteiger partial charge in [-0.15, -0.1) is 0 Å². The molecule has 0 amide bonds. The van der Waals surface area contributed by atoms with Crippen LogP contribution in [0.4, 0.5) is 26.3 Å². The van der Waals surface area contributed by atoms with Crippen LogP contribution in [-0.2, 0) is 12.4 Å². The van der Waals surface area contributed by atoms with Crippen molar-refractivity contribution in [2.75, 3.05) is 0 Å². The van der Waals surface area contributed by atoms with E-state index in [0.29, 0.717) is 11.1 Å². The van der Waals surface area contributed by atoms with Crippen molar-refractivity contribution < 1.29 is 26.3 Å². The largest absolute Gasteiger partial charge is 0.417 e. The zero-order valence-corrected chi connectivity index (χ0v) is 37.9. The highest BCUT2D eigenvalue weighted by molar-refractivity contribution is 6.42. The summed E-state index contributed by atoms with van der Waals surface area (Å²) >= 11 is 0. The smallest absolute Gasteiger partial charge is 0.166 e. The fourth-order valence-corrected chi connectivity index (χ4v) is 12.8. The van der Waals surface area contributed by atoms with Crippen LogP contribution < -0.4 is 0 Å². The topological polar surface area (TPSA) is 0 Å². The molecule has 6 heteroatoms. The molecule has 0 aromatic heterocycles. The van der Waals surface area contributed by atoms with E-state index in [9.17, 15) is 13.2 Å². The number of hydrogen-bond donors (Lipinski definition) is 0. The van der Waals surface area contributed by atoms with E-state index in [4.69, 9.17) is 0 Å². The number of rotatable bonds is 4. The van der Waals surface area contributed by atoms with Gasteiger partial charge in [0.25, 0.3) is 0 Å². The van der Waals surface area contributed by atoms with Crippen LogP contribution in [0, 0.1) is 0 Å². The van der Waals surface area contributed by atoms with E-state index >= 15 is 13.2 Å². The number of fused-ring (bicyclic) bond motifs is 10. The second kappa shape index (κ2) is 14.4. The molecule has 0 unspecified atom stereocenters. The highest BCUT2D eigenvalue weighted by atomic mass is 19.4. The van der Waals surface area contributed by atoms with Gasteiger partial charge >= 0.3 is 12.4 Å². The van der Waals surface area contributed by atoms with Gasteiger partial charge in [0.15, 0.2) is 0 Å². The molecule has 0 radical (unpaired) electrons. The molecule has 2 aliphatic carbocycles. The highest BCUT2D eigenvalue weighted by Gasteiger charge is 2.39. The van der Waals surface area contributed by atoms with Crippen LogP contribution in [0.1, 0.15) is 11.1 Å². The minimum Gasteiger partial charge on any atom is -0.166 e. The molecule has 0 N–H and O–H groups in total. The van der Waals surface area contributed by atoms with E-state index < -0.39 is 23.5 Å². The predicted octanol–water partition coefficient (Wildman–Crippen LogP) is 20.0. The maximum absolute atomic E-state index is 15.2. The van der Waals surface area contributed by atoms with Gasteiger partial charge in [-0.05, 0) is 172 Å². The molecule has 0 saturated heterocycles. The summed E-state index contributed by atoms with van der Waals surface area (Å²) in [7, 11) is 0. The Hall–Kier alpha value is -8.74. The molecular weight excluding hydrogens is 907 g/mol. The van der Waals surface area contributed by atoms with Crippen molar-refractivity contribution in [1.29, 1.82) is 0 Å². The van der Waals surface area contributed by atoms with Crippen LogP contribution in [0.2, 0.25) is 0 Å². The summed E-state index contributed by atoms with van der Waals surface area (Å²) in [6.07, 6.45) is -9.08. The third kappa shape index (κ3) is 5.44. The van der Waals surface area contributed by atoms with Crippen molar-refractivity contribution in [1.82, 2.24) is 0 Å². The molecule has 0 bridgehead atoms. The molecule has 0 fully saturated rings. The minimum atomic E-state index is -4.60. The van der Waals surface area contributed by atoms with Gasteiger partial charge in [0.05, 0.1) is 11.1 Å². The number of halogens is 6. The molecule has 15 rings (SSSR count). The zero-order valence-electron chi connectivity index (χ0n) is 37.9. The van der Waals surface area contributed by atoms with E-state index in [-0.39, 0.29) is 5.56 Å². The standard InChI is InChI=1S/C66H34F6/c67-65(68,69)38-25-23-37(24-26-38)55-40-18-8-7-17-39(40)53(35-13-3-1-4-14-35)61-48-31-27-43-45-29-33-50-60-51(34-30-46(57(45)60)44-28-32-49(62(55)61)59(48)56(43)44)64-58(47-21-11-12-22-52(47)66(70,71)72)42-20-10-9-19-41(42)54(63(50)64)36-15-5-2-6-16-36/h1-34H. The SMILES string of the molecule is FC(F)(F)c1ccc(-c2c3c(c(-c4ccccc4)c4ccccc24)-c2ccc4c5ccc6c7c(ccc(c8ccc-3c2c48)c75)-c2c-6c(-c3ccccc3)c3ccccc3c2-c2ccccc2C(F)(F)F)cc1. The lowest BCUT2D eigenvalue weighted by Crippen LogP contribution is -2.07. The van der Waals surface area contributed by atoms with Crippen LogP contribution in [0.5, 0.6) is 0 Å². The lowest BCUT2D eigenvalue weighted by Gasteiger charge is -2.22. The number of hydrogen-bond acceptors (Lipinski definition) is 0. The van der Waals surface area contributed by atoms with Crippen molar-refractivity contribution in [2.45, 2.75) is 12.4 Å². The Labute approximate surface area is 408 Å². The molecule has 13 aromatic rings. The number of alkyl halides is 6. The molecule has 0 heterocycles. The Morgan fingerprint density at radius 1 is 0.208 bits per heavy atom. The van der Waals surface area contributed by atoms with E-state index in [0.717, 1.165) is 137 Å². The Morgan fingerprint density at radius 3 is 0.931 bits per heavy atom. The van der Waals surface area contributed by atoms with Gasteiger partial charge in [0.1, 0.15) is 0 Å². The molecular formula is C66H34F6. The second-order valence-electron chi connectivity index (χ2n) is 19.1. The van der Waals surface area contributed by atoms with Gasteiger partial charge in [-0.1, -0.05) is 188 Å². The summed E-state index contributed by atoms with van der Waals surface area (Å²) < 4.78 is 87.7. The highest BCUT2D eigenvalue weighted by Crippen LogP contribution is 2.63. The molecule has 13 aromatic carbocycles. The Bertz CT molecular complexity index is 4470. The molecule has 0 nitrogen and oxygen atoms in total. The Morgan fingerprint density at radius 2 is 0.542 bits per heavy atom. The van der Waals surface area contributed by atoms with Crippen molar-refractivity contribution in [2.24, 2.45) is 0 Å². The van der Waals surface area contributed by atoms with Crippen LogP contribution >= 0.6 is 0 Å². The van der Waals surface area contributed by atoms with Gasteiger partial charge in [-0.25, -0.2) is 0 Å². The first-order valence-corrected chi connectivity index (χ1v) is 23.9. The lowest BCUT2D eigenvalue weighted by molar-refractivity contribution is -0.138. The zero-order chi connectivity index (χ0) is 48.4. The molecule has 72 heavy (non-hydrogen) atoms. The fraction of sp³-hybridized carbons (Fsp3) is 0.0303. The number of benzene rings is 13. The van der Waals surface area contributed by atoms with Crippen LogP contribution in [0.25, 0.3) is 154 Å². The fourth-order valence-electron chi connectivity index (χ4n) is 12.8. The van der Waals surface area contributed by atoms with Crippen molar-refractivity contribution >= 4 is 64.6 Å². The minimum absolute atomic E-state index is 0.140. The van der Waals surface area contributed by atoms with Crippen LogP contribution in [0.15, 0.2) is 206 Å². The van der Waals surface area contributed by atoms with Gasteiger partial charge in [-0.3, -0.25) is 0 Å². The molecule has 0 aliphatic heterocycles. The van der Waals surface area contributed by atoms with E-state index in [1.165, 1.54) is 24.3 Å². The van der Waals surface area contributed by atoms with Crippen molar-refractivity contribution in [3.05, 3.63) is 217 Å². The van der Waals surface area contributed by atoms with E-state index in [1.54, 1.807) is 24.3 Å². The average molecular weight is 941 g/mol. The van der Waals surface area contributed by atoms with Gasteiger partial charge in [0.2, 0.25) is 0 Å². The molecule has 0 saturated carbocycles. The second-order valence-corrected chi connectivity index (χ2v) is 19.1. The van der Waals surface area contributed by atoms with Gasteiger partial charge in [-0.2, -0.15) is 26.3 Å². The van der Waals surface area contributed by atoms with Crippen molar-refractivity contribution in [3.8, 4) is 89.0 Å². The molecule has 0 spiro atoms. The van der Waals surface area contributed by atoms with Crippen LogP contribution in [0.3, 0.4) is 0 Å². The van der Waals surface area contributed by atoms with E-state index in [2.05, 4.69) is 84.9 Å². The Kier molecular flexibility index (Phi) is 8.23. The predicted molar refractivity (Wildman–Crippen MR) is 283 cm³/mol. The first kappa shape index (κ1) is 41.1. The lowest BCUT2D eigenvalue weighted by atomic mass is 9.81. The Balaban J connectivity index is 1.06. The normalized spacial score (nSPS) is 12.9. The molecule has 0 atom stereocenters. The first-order chi connectivity index (χ1) is 35.1. The third-order valence-corrected chi connectivity index (χ3v) is 15.5. The first-order valence-electron chi connectivity index (χ1n) is 23.9. The average Bonchev–Trinajstić information content (AvgIpc) is 3.92. The monoisotopic (exact) mass is 940 g/mol. The van der Waals surface area contributed by atoms with Gasteiger partial charge in [0, 0.05) is 0 Å². The molecule has 2 aliphatic rings. The summed E-state index contributed by atoms with van der Waals surface area (Å²) in [5.74, 6) is 0. The summed E-state index contributed by atoms with van der Waals surface area (Å²) in [4.78, 5) is 0. The molecule has 340 valence electrons. The summed E-state index contributed by atoms with van der Waals surface area (Å²) in [5.41, 5.74) is 12.6. The summed E-state index contributed by atoms with van der Waals surface area (Å²) in [5, 5.41) is 11.9. The maximum Gasteiger partial charge on any atom is 0.417 e. The summed E-state index contributed by atoms with van der Waals surface area (Å²) in [6.45, 7) is 0.